The van der Waals surface area contributed by atoms with Gasteiger partial charge in [0.25, 0.3) is 0 Å². The number of rotatable bonds is 3. The number of hydrogen-bond acceptors (Lipinski definition) is 4. The van der Waals surface area contributed by atoms with Crippen LogP contribution in [0.5, 0.6) is 0 Å². The van der Waals surface area contributed by atoms with Gasteiger partial charge >= 0.3 is 11.8 Å². The smallest absolute Gasteiger partial charge is 0.313 e. The maximum atomic E-state index is 11.8. The summed E-state index contributed by atoms with van der Waals surface area (Å²) >= 11 is 0. The molecule has 21 heavy (non-hydrogen) atoms. The first-order valence-corrected chi connectivity index (χ1v) is 6.84. The van der Waals surface area contributed by atoms with Crippen LogP contribution in [-0.4, -0.2) is 30.6 Å². The number of benzene rings is 1. The molecule has 6 heteroatoms. The molecule has 0 saturated carbocycles. The van der Waals surface area contributed by atoms with Crippen LogP contribution >= 0.6 is 0 Å². The molecule has 0 bridgehead atoms. The molecule has 0 radical (unpaired) electrons. The quantitative estimate of drug-likeness (QED) is 0.817. The van der Waals surface area contributed by atoms with Crippen molar-refractivity contribution in [2.45, 2.75) is 31.9 Å². The van der Waals surface area contributed by atoms with Gasteiger partial charge < -0.3 is 15.4 Å². The van der Waals surface area contributed by atoms with E-state index in [0.29, 0.717) is 17.9 Å². The Morgan fingerprint density at radius 2 is 2.24 bits per heavy atom. The van der Waals surface area contributed by atoms with Crippen molar-refractivity contribution in [3.05, 3.63) is 29.8 Å². The number of carbonyl (C=O) groups is 2. The molecule has 2 unspecified atom stereocenters. The standard InChI is InChI=1S/C15H17N3O3/c1-10(13-6-3-7-21-13)17-14(19)15(20)18-12-5-2-4-11(8-12)9-16/h2,4-5,8,10,13H,3,6-7H2,1H3,(H,17,19)(H,18,20). The van der Waals surface area contributed by atoms with Crippen LogP contribution < -0.4 is 10.6 Å². The molecule has 6 nitrogen and oxygen atoms in total. The summed E-state index contributed by atoms with van der Waals surface area (Å²) in [5.41, 5.74) is 0.833. The summed E-state index contributed by atoms with van der Waals surface area (Å²) in [7, 11) is 0. The Balaban J connectivity index is 1.90. The van der Waals surface area contributed by atoms with Crippen molar-refractivity contribution in [2.24, 2.45) is 0 Å². The fourth-order valence-corrected chi connectivity index (χ4v) is 2.22. The predicted octanol–water partition coefficient (Wildman–Crippen LogP) is 1.18. The topological polar surface area (TPSA) is 91.2 Å². The van der Waals surface area contributed by atoms with Gasteiger partial charge in [0, 0.05) is 12.3 Å². The van der Waals surface area contributed by atoms with E-state index in [1.807, 2.05) is 13.0 Å². The zero-order chi connectivity index (χ0) is 15.2. The van der Waals surface area contributed by atoms with E-state index in [4.69, 9.17) is 10.00 Å². The summed E-state index contributed by atoms with van der Waals surface area (Å²) in [4.78, 5) is 23.6. The SMILES string of the molecule is CC(NC(=O)C(=O)Nc1cccc(C#N)c1)C1CCCO1. The van der Waals surface area contributed by atoms with Gasteiger partial charge in [-0.25, -0.2) is 0 Å². The number of hydrogen-bond donors (Lipinski definition) is 2. The van der Waals surface area contributed by atoms with Crippen LogP contribution in [0.1, 0.15) is 25.3 Å². The fraction of sp³-hybridized carbons (Fsp3) is 0.400. The monoisotopic (exact) mass is 287 g/mol. The van der Waals surface area contributed by atoms with Crippen LogP contribution in [0.25, 0.3) is 0 Å². The third-order valence-electron chi connectivity index (χ3n) is 3.34. The number of carbonyl (C=O) groups excluding carboxylic acids is 2. The Kier molecular flexibility index (Phi) is 4.90. The third kappa shape index (κ3) is 4.04. The van der Waals surface area contributed by atoms with E-state index in [1.54, 1.807) is 18.2 Å². The average Bonchev–Trinajstić information content (AvgIpc) is 3.01. The second-order valence-corrected chi connectivity index (χ2v) is 4.96. The molecule has 2 N–H and O–H groups in total. The minimum atomic E-state index is -0.755. The normalized spacial score (nSPS) is 18.6. The third-order valence-corrected chi connectivity index (χ3v) is 3.34. The van der Waals surface area contributed by atoms with Crippen LogP contribution in [0.3, 0.4) is 0 Å². The zero-order valence-corrected chi connectivity index (χ0v) is 11.8. The number of nitriles is 1. The van der Waals surface area contributed by atoms with Gasteiger partial charge in [0.05, 0.1) is 23.8 Å². The van der Waals surface area contributed by atoms with E-state index in [-0.39, 0.29) is 12.1 Å². The lowest BCUT2D eigenvalue weighted by Crippen LogP contribution is -2.45. The van der Waals surface area contributed by atoms with Crippen LogP contribution in [0.15, 0.2) is 24.3 Å². The first kappa shape index (κ1) is 15.0. The molecule has 0 aromatic heterocycles. The molecule has 2 rings (SSSR count). The molecule has 1 heterocycles. The number of nitrogens with zero attached hydrogens (tertiary/aromatic N) is 1. The van der Waals surface area contributed by atoms with Crippen LogP contribution in [0.2, 0.25) is 0 Å². The molecular formula is C15H17N3O3. The summed E-state index contributed by atoms with van der Waals surface area (Å²) in [6, 6.07) is 8.15. The van der Waals surface area contributed by atoms with Gasteiger partial charge in [-0.3, -0.25) is 9.59 Å². The molecule has 2 atom stereocenters. The molecular weight excluding hydrogens is 270 g/mol. The van der Waals surface area contributed by atoms with Crippen molar-refractivity contribution in [3.63, 3.8) is 0 Å². The van der Waals surface area contributed by atoms with Crippen molar-refractivity contribution in [1.82, 2.24) is 5.32 Å². The summed E-state index contributed by atoms with van der Waals surface area (Å²) < 4.78 is 5.46. The van der Waals surface area contributed by atoms with Gasteiger partial charge in [0.1, 0.15) is 0 Å². The molecule has 1 aliphatic rings. The van der Waals surface area contributed by atoms with Gasteiger partial charge in [-0.1, -0.05) is 6.07 Å². The number of nitrogens with one attached hydrogen (secondary N) is 2. The molecule has 0 spiro atoms. The summed E-state index contributed by atoms with van der Waals surface area (Å²) in [6.07, 6.45) is 1.81. The number of ether oxygens (including phenoxy) is 1. The Labute approximate surface area is 123 Å². The van der Waals surface area contributed by atoms with Crippen LogP contribution in [0, 0.1) is 11.3 Å². The Morgan fingerprint density at radius 3 is 2.90 bits per heavy atom. The van der Waals surface area contributed by atoms with Crippen LogP contribution in [0.4, 0.5) is 5.69 Å². The zero-order valence-electron chi connectivity index (χ0n) is 11.8. The van der Waals surface area contributed by atoms with E-state index in [2.05, 4.69) is 10.6 Å². The predicted molar refractivity (Wildman–Crippen MR) is 76.4 cm³/mol. The van der Waals surface area contributed by atoms with Crippen molar-refractivity contribution in [3.8, 4) is 6.07 Å². The van der Waals surface area contributed by atoms with Gasteiger partial charge in [-0.2, -0.15) is 5.26 Å². The summed E-state index contributed by atoms with van der Waals surface area (Å²) in [5, 5.41) is 13.9. The fourth-order valence-electron chi connectivity index (χ4n) is 2.22. The highest BCUT2D eigenvalue weighted by atomic mass is 16.5. The average molecular weight is 287 g/mol. The lowest BCUT2D eigenvalue weighted by atomic mass is 10.1. The summed E-state index contributed by atoms with van der Waals surface area (Å²) in [6.45, 7) is 2.51. The Hall–Kier alpha value is -2.39. The number of anilines is 1. The maximum absolute atomic E-state index is 11.8. The minimum Gasteiger partial charge on any atom is -0.376 e. The molecule has 1 aliphatic heterocycles. The van der Waals surface area contributed by atoms with Gasteiger partial charge in [-0.15, -0.1) is 0 Å². The lowest BCUT2D eigenvalue weighted by Gasteiger charge is -2.19. The molecule has 110 valence electrons. The molecule has 0 aliphatic carbocycles. The molecule has 1 aromatic carbocycles. The Morgan fingerprint density at radius 1 is 1.43 bits per heavy atom. The highest BCUT2D eigenvalue weighted by molar-refractivity contribution is 6.39. The lowest BCUT2D eigenvalue weighted by molar-refractivity contribution is -0.137. The van der Waals surface area contributed by atoms with Crippen molar-refractivity contribution >= 4 is 17.5 Å². The first-order chi connectivity index (χ1) is 10.1. The maximum Gasteiger partial charge on any atom is 0.313 e. The number of amides is 2. The van der Waals surface area contributed by atoms with E-state index in [9.17, 15) is 9.59 Å². The van der Waals surface area contributed by atoms with E-state index >= 15 is 0 Å². The van der Waals surface area contributed by atoms with Gasteiger partial charge in [-0.05, 0) is 38.0 Å². The van der Waals surface area contributed by atoms with E-state index < -0.39 is 11.8 Å². The van der Waals surface area contributed by atoms with Crippen molar-refractivity contribution in [2.75, 3.05) is 11.9 Å². The van der Waals surface area contributed by atoms with Crippen LogP contribution in [-0.2, 0) is 14.3 Å². The second kappa shape index (κ2) is 6.86. The van der Waals surface area contributed by atoms with Crippen molar-refractivity contribution in [1.29, 1.82) is 5.26 Å². The second-order valence-electron chi connectivity index (χ2n) is 4.96. The molecule has 2 amide bonds. The molecule has 1 aromatic rings. The minimum absolute atomic E-state index is 0.0383. The van der Waals surface area contributed by atoms with Gasteiger partial charge in [0.2, 0.25) is 0 Å². The summed E-state index contributed by atoms with van der Waals surface area (Å²) in [5.74, 6) is -1.46. The molecule has 1 saturated heterocycles. The Bertz CT molecular complexity index is 574. The van der Waals surface area contributed by atoms with Crippen molar-refractivity contribution < 1.29 is 14.3 Å². The van der Waals surface area contributed by atoms with Gasteiger partial charge in [0.15, 0.2) is 0 Å². The highest BCUT2D eigenvalue weighted by Crippen LogP contribution is 2.15. The first-order valence-electron chi connectivity index (χ1n) is 6.84. The molecule has 1 fully saturated rings. The van der Waals surface area contributed by atoms with E-state index in [0.717, 1.165) is 12.8 Å². The highest BCUT2D eigenvalue weighted by Gasteiger charge is 2.25. The van der Waals surface area contributed by atoms with E-state index in [1.165, 1.54) is 6.07 Å². The largest absolute Gasteiger partial charge is 0.376 e.